The summed E-state index contributed by atoms with van der Waals surface area (Å²) in [5, 5.41) is 3.00. The molecule has 0 aromatic heterocycles. The standard InChI is InChI=1S/C26H38N4O4/c1-5-30-21(18-28-13-10-14-29(16-15-28)22(31)17-19(3)4)23(25(32)34-6-2)24(27-26(30)33)20-11-8-7-9-12-20/h7-9,11-12,19,24H,5-6,10,13-18H2,1-4H3,(H,27,33). The molecule has 0 spiro atoms. The molecular weight excluding hydrogens is 432 g/mol. The molecule has 8 heteroatoms. The monoisotopic (exact) mass is 470 g/mol. The van der Waals surface area contributed by atoms with E-state index in [-0.39, 0.29) is 18.5 Å². The predicted octanol–water partition coefficient (Wildman–Crippen LogP) is 3.17. The summed E-state index contributed by atoms with van der Waals surface area (Å²) < 4.78 is 5.44. The lowest BCUT2D eigenvalue weighted by Crippen LogP contribution is -2.51. The van der Waals surface area contributed by atoms with Gasteiger partial charge in [-0.15, -0.1) is 0 Å². The maximum atomic E-state index is 13.2. The lowest BCUT2D eigenvalue weighted by Gasteiger charge is -2.38. The lowest BCUT2D eigenvalue weighted by atomic mass is 9.94. The molecule has 0 saturated carbocycles. The predicted molar refractivity (Wildman–Crippen MR) is 131 cm³/mol. The average Bonchev–Trinajstić information content (AvgIpc) is 3.05. The minimum atomic E-state index is -0.568. The van der Waals surface area contributed by atoms with Crippen molar-refractivity contribution in [2.45, 2.75) is 46.6 Å². The van der Waals surface area contributed by atoms with Gasteiger partial charge in [0.2, 0.25) is 5.91 Å². The van der Waals surface area contributed by atoms with E-state index < -0.39 is 12.0 Å². The Kier molecular flexibility index (Phi) is 9.10. The van der Waals surface area contributed by atoms with Crippen LogP contribution in [0.2, 0.25) is 0 Å². The summed E-state index contributed by atoms with van der Waals surface area (Å²) in [5.74, 6) is 0.117. The third kappa shape index (κ3) is 6.17. The van der Waals surface area contributed by atoms with Crippen molar-refractivity contribution >= 4 is 17.9 Å². The van der Waals surface area contributed by atoms with Crippen LogP contribution in [-0.2, 0) is 14.3 Å². The van der Waals surface area contributed by atoms with Crippen molar-refractivity contribution in [3.63, 3.8) is 0 Å². The minimum absolute atomic E-state index is 0.194. The maximum absolute atomic E-state index is 13.2. The number of hydrogen-bond donors (Lipinski definition) is 1. The van der Waals surface area contributed by atoms with E-state index in [1.54, 1.807) is 11.8 Å². The highest BCUT2D eigenvalue weighted by Crippen LogP contribution is 2.32. The number of urea groups is 1. The van der Waals surface area contributed by atoms with E-state index >= 15 is 0 Å². The number of carbonyl (C=O) groups excluding carboxylic acids is 3. The summed E-state index contributed by atoms with van der Waals surface area (Å²) >= 11 is 0. The van der Waals surface area contributed by atoms with Crippen LogP contribution in [0.5, 0.6) is 0 Å². The molecule has 2 aliphatic rings. The third-order valence-corrected chi connectivity index (χ3v) is 6.28. The Morgan fingerprint density at radius 1 is 1.09 bits per heavy atom. The molecule has 1 fully saturated rings. The number of likely N-dealkylation sites (N-methyl/N-ethyl adjacent to an activating group) is 1. The maximum Gasteiger partial charge on any atom is 0.338 e. The van der Waals surface area contributed by atoms with Gasteiger partial charge in [-0.05, 0) is 31.7 Å². The van der Waals surface area contributed by atoms with Crippen LogP contribution in [0.15, 0.2) is 41.6 Å². The number of carbonyl (C=O) groups is 3. The molecule has 3 rings (SSSR count). The first kappa shape index (κ1) is 25.7. The first-order chi connectivity index (χ1) is 16.3. The fraction of sp³-hybridized carbons (Fsp3) is 0.577. The van der Waals surface area contributed by atoms with Gasteiger partial charge in [0.15, 0.2) is 0 Å². The molecule has 0 radical (unpaired) electrons. The fourth-order valence-electron chi connectivity index (χ4n) is 4.62. The summed E-state index contributed by atoms with van der Waals surface area (Å²) in [7, 11) is 0. The highest BCUT2D eigenvalue weighted by Gasteiger charge is 2.38. The molecule has 3 amide bonds. The highest BCUT2D eigenvalue weighted by molar-refractivity contribution is 5.95. The zero-order valence-corrected chi connectivity index (χ0v) is 20.9. The van der Waals surface area contributed by atoms with Crippen LogP contribution in [0, 0.1) is 5.92 Å². The number of rotatable bonds is 8. The van der Waals surface area contributed by atoms with Gasteiger partial charge in [-0.3, -0.25) is 14.6 Å². The number of ether oxygens (including phenoxy) is 1. The third-order valence-electron chi connectivity index (χ3n) is 6.28. The van der Waals surface area contributed by atoms with Gasteiger partial charge in [-0.1, -0.05) is 44.2 Å². The van der Waals surface area contributed by atoms with Crippen LogP contribution in [-0.4, -0.2) is 78.5 Å². The topological polar surface area (TPSA) is 82.2 Å². The first-order valence-electron chi connectivity index (χ1n) is 12.4. The van der Waals surface area contributed by atoms with Crippen LogP contribution < -0.4 is 5.32 Å². The molecule has 1 aromatic rings. The Bertz CT molecular complexity index is 899. The first-order valence-corrected chi connectivity index (χ1v) is 12.4. The SMILES string of the molecule is CCOC(=O)C1=C(CN2CCCN(C(=O)CC(C)C)CC2)N(CC)C(=O)NC1c1ccccc1. The van der Waals surface area contributed by atoms with Gasteiger partial charge in [0, 0.05) is 51.4 Å². The molecule has 34 heavy (non-hydrogen) atoms. The van der Waals surface area contributed by atoms with Gasteiger partial charge >= 0.3 is 12.0 Å². The lowest BCUT2D eigenvalue weighted by molar-refractivity contribution is -0.139. The molecule has 186 valence electrons. The molecule has 2 heterocycles. The van der Waals surface area contributed by atoms with Crippen LogP contribution in [0.4, 0.5) is 4.79 Å². The quantitative estimate of drug-likeness (QED) is 0.590. The van der Waals surface area contributed by atoms with E-state index in [1.165, 1.54) is 0 Å². The number of nitrogens with one attached hydrogen (secondary N) is 1. The summed E-state index contributed by atoms with van der Waals surface area (Å²) in [6, 6.07) is 8.73. The van der Waals surface area contributed by atoms with Crippen LogP contribution in [0.3, 0.4) is 0 Å². The van der Waals surface area contributed by atoms with Crippen molar-refractivity contribution in [1.82, 2.24) is 20.0 Å². The van der Waals surface area contributed by atoms with Gasteiger partial charge in [-0.2, -0.15) is 0 Å². The van der Waals surface area contributed by atoms with E-state index in [0.29, 0.717) is 49.8 Å². The number of benzene rings is 1. The Morgan fingerprint density at radius 2 is 1.82 bits per heavy atom. The zero-order valence-electron chi connectivity index (χ0n) is 20.9. The Balaban J connectivity index is 1.91. The average molecular weight is 471 g/mol. The molecule has 1 aromatic carbocycles. The van der Waals surface area contributed by atoms with Crippen molar-refractivity contribution in [3.05, 3.63) is 47.2 Å². The summed E-state index contributed by atoms with van der Waals surface area (Å²) in [4.78, 5) is 44.6. The van der Waals surface area contributed by atoms with Gasteiger partial charge in [-0.25, -0.2) is 9.59 Å². The van der Waals surface area contributed by atoms with E-state index in [2.05, 4.69) is 24.1 Å². The molecule has 0 aliphatic carbocycles. The summed E-state index contributed by atoms with van der Waals surface area (Å²) in [5.41, 5.74) is 2.00. The molecule has 1 N–H and O–H groups in total. The highest BCUT2D eigenvalue weighted by atomic mass is 16.5. The number of amides is 3. The molecule has 8 nitrogen and oxygen atoms in total. The Morgan fingerprint density at radius 3 is 2.47 bits per heavy atom. The van der Waals surface area contributed by atoms with Crippen molar-refractivity contribution in [3.8, 4) is 0 Å². The second-order valence-electron chi connectivity index (χ2n) is 9.23. The zero-order chi connectivity index (χ0) is 24.7. The van der Waals surface area contributed by atoms with E-state index in [9.17, 15) is 14.4 Å². The van der Waals surface area contributed by atoms with Crippen molar-refractivity contribution in [1.29, 1.82) is 0 Å². The van der Waals surface area contributed by atoms with Crippen LogP contribution in [0.25, 0.3) is 0 Å². The number of esters is 1. The van der Waals surface area contributed by atoms with Crippen LogP contribution in [0.1, 0.15) is 52.1 Å². The van der Waals surface area contributed by atoms with Crippen molar-refractivity contribution in [2.75, 3.05) is 45.9 Å². The Hall–Kier alpha value is -2.87. The second-order valence-corrected chi connectivity index (χ2v) is 9.23. The largest absolute Gasteiger partial charge is 0.463 e. The molecule has 1 atom stereocenters. The van der Waals surface area contributed by atoms with Crippen molar-refractivity contribution in [2.24, 2.45) is 5.92 Å². The normalized spacial score (nSPS) is 19.8. The summed E-state index contributed by atoms with van der Waals surface area (Å²) in [6.07, 6.45) is 1.41. The Labute approximate surface area is 202 Å². The molecule has 0 bridgehead atoms. The van der Waals surface area contributed by atoms with Gasteiger partial charge in [0.05, 0.1) is 18.2 Å². The van der Waals surface area contributed by atoms with Crippen LogP contribution >= 0.6 is 0 Å². The van der Waals surface area contributed by atoms with E-state index in [4.69, 9.17) is 4.74 Å². The minimum Gasteiger partial charge on any atom is -0.463 e. The summed E-state index contributed by atoms with van der Waals surface area (Å²) in [6.45, 7) is 11.8. The number of hydrogen-bond acceptors (Lipinski definition) is 5. The second kappa shape index (κ2) is 12.0. The van der Waals surface area contributed by atoms with Gasteiger partial charge in [0.25, 0.3) is 0 Å². The molecular formula is C26H38N4O4. The molecule has 1 saturated heterocycles. The smallest absolute Gasteiger partial charge is 0.338 e. The number of nitrogens with zero attached hydrogens (tertiary/aromatic N) is 3. The van der Waals surface area contributed by atoms with Gasteiger partial charge < -0.3 is 15.0 Å². The van der Waals surface area contributed by atoms with Gasteiger partial charge in [0.1, 0.15) is 0 Å². The van der Waals surface area contributed by atoms with E-state index in [1.807, 2.05) is 42.2 Å². The fourth-order valence-corrected chi connectivity index (χ4v) is 4.62. The van der Waals surface area contributed by atoms with Crippen molar-refractivity contribution < 1.29 is 19.1 Å². The molecule has 2 aliphatic heterocycles. The molecule has 1 unspecified atom stereocenters. The van der Waals surface area contributed by atoms with E-state index in [0.717, 1.165) is 25.1 Å².